The van der Waals surface area contributed by atoms with Crippen LogP contribution in [0.4, 0.5) is 5.82 Å². The second-order valence-electron chi connectivity index (χ2n) is 5.82. The Morgan fingerprint density at radius 2 is 1.85 bits per heavy atom. The number of hydrogen-bond acceptors (Lipinski definition) is 3. The van der Waals surface area contributed by atoms with Crippen LogP contribution in [-0.2, 0) is 6.42 Å². The number of benzene rings is 2. The zero-order valence-corrected chi connectivity index (χ0v) is 15.2. The van der Waals surface area contributed by atoms with Gasteiger partial charge in [-0.25, -0.2) is 4.68 Å². The van der Waals surface area contributed by atoms with E-state index in [0.717, 1.165) is 30.0 Å². The maximum Gasteiger partial charge on any atom is 0.171 e. The topological polar surface area (TPSA) is 67.9 Å². The molecule has 5 nitrogen and oxygen atoms in total. The molecule has 0 aliphatic carbocycles. The van der Waals surface area contributed by atoms with Gasteiger partial charge in [-0.3, -0.25) is 0 Å². The average molecular weight is 368 g/mol. The summed E-state index contributed by atoms with van der Waals surface area (Å²) in [5.41, 5.74) is 9.40. The fraction of sp³-hybridized carbons (Fsp3) is 0.100. The monoisotopic (exact) mass is 367 g/mol. The van der Waals surface area contributed by atoms with Gasteiger partial charge in [-0.2, -0.15) is 5.10 Å². The van der Waals surface area contributed by atoms with E-state index in [4.69, 9.17) is 18.0 Å². The molecule has 3 aromatic rings. The first-order valence-electron chi connectivity index (χ1n) is 8.31. The van der Waals surface area contributed by atoms with Gasteiger partial charge in [-0.15, -0.1) is 0 Å². The lowest BCUT2D eigenvalue weighted by Crippen LogP contribution is -2.31. The van der Waals surface area contributed by atoms with Gasteiger partial charge >= 0.3 is 0 Å². The molecule has 26 heavy (non-hydrogen) atoms. The van der Waals surface area contributed by atoms with Crippen LogP contribution in [0.5, 0.6) is 0 Å². The van der Waals surface area contributed by atoms with Gasteiger partial charge in [0.05, 0.1) is 11.9 Å². The number of anilines is 1. The largest absolute Gasteiger partial charge is 0.399 e. The Morgan fingerprint density at radius 3 is 2.54 bits per heavy atom. The summed E-state index contributed by atoms with van der Waals surface area (Å²) in [5.74, 6) is 0.819. The van der Waals surface area contributed by atoms with Gasteiger partial charge in [0.25, 0.3) is 0 Å². The number of rotatable bonds is 6. The Bertz CT molecular complexity index is 894. The molecular weight excluding hydrogens is 342 g/mol. The quantitative estimate of drug-likeness (QED) is 0.578. The highest BCUT2D eigenvalue weighted by Crippen LogP contribution is 2.14. The lowest BCUT2D eigenvalue weighted by molar-refractivity contribution is 0.864. The molecule has 0 saturated heterocycles. The minimum atomic E-state index is 0. The first kappa shape index (κ1) is 17.7. The standard InChI is InChI=1S/C20H21N5S.2H2/c1-15(21)17-9-7-16(8-10-17)11-13-22-20(26)24-19-12-14-23-25(19)18-5-3-2-4-6-18;;/h2-10,12,14H,1,11,13,21H2,(H2,22,24,26);2*1H. The molecule has 1 heterocycles. The van der Waals surface area contributed by atoms with Crippen molar-refractivity contribution in [1.29, 1.82) is 0 Å². The van der Waals surface area contributed by atoms with Gasteiger partial charge in [-0.1, -0.05) is 49.0 Å². The number of para-hydroxylation sites is 1. The highest BCUT2D eigenvalue weighted by Gasteiger charge is 2.06. The zero-order chi connectivity index (χ0) is 18.4. The Morgan fingerprint density at radius 1 is 1.12 bits per heavy atom. The van der Waals surface area contributed by atoms with Crippen LogP contribution in [-0.4, -0.2) is 21.4 Å². The van der Waals surface area contributed by atoms with Crippen molar-refractivity contribution in [3.63, 3.8) is 0 Å². The number of nitrogens with zero attached hydrogens (tertiary/aromatic N) is 2. The van der Waals surface area contributed by atoms with E-state index in [0.29, 0.717) is 10.8 Å². The number of thiocarbonyl (C=S) groups is 1. The van der Waals surface area contributed by atoms with Crippen molar-refractivity contribution in [3.05, 3.63) is 84.6 Å². The molecule has 2 aromatic carbocycles. The van der Waals surface area contributed by atoms with E-state index in [-0.39, 0.29) is 2.85 Å². The van der Waals surface area contributed by atoms with Crippen LogP contribution in [0, 0.1) is 0 Å². The minimum Gasteiger partial charge on any atom is -0.399 e. The Hall–Kier alpha value is -3.12. The Kier molecular flexibility index (Phi) is 5.66. The van der Waals surface area contributed by atoms with Crippen LogP contribution in [0.1, 0.15) is 14.0 Å². The first-order chi connectivity index (χ1) is 12.6. The molecule has 0 saturated carbocycles. The van der Waals surface area contributed by atoms with Gasteiger partial charge < -0.3 is 16.4 Å². The van der Waals surface area contributed by atoms with Crippen LogP contribution in [0.15, 0.2) is 73.4 Å². The number of nitrogens with two attached hydrogens (primary N) is 1. The summed E-state index contributed by atoms with van der Waals surface area (Å²) in [7, 11) is 0. The van der Waals surface area contributed by atoms with Crippen molar-refractivity contribution >= 4 is 28.8 Å². The predicted molar refractivity (Wildman–Crippen MR) is 115 cm³/mol. The molecule has 0 amide bonds. The van der Waals surface area contributed by atoms with Gasteiger partial charge in [0.2, 0.25) is 0 Å². The van der Waals surface area contributed by atoms with Crippen molar-refractivity contribution in [2.75, 3.05) is 11.9 Å². The van der Waals surface area contributed by atoms with E-state index in [1.54, 1.807) is 6.20 Å². The molecule has 0 unspecified atom stereocenters. The molecule has 0 radical (unpaired) electrons. The summed E-state index contributed by atoms with van der Waals surface area (Å²) in [5, 5.41) is 11.3. The molecule has 0 spiro atoms. The number of hydrogen-bond donors (Lipinski definition) is 3. The maximum atomic E-state index is 5.68. The summed E-state index contributed by atoms with van der Waals surface area (Å²) in [6.45, 7) is 4.47. The minimum absolute atomic E-state index is 0. The fourth-order valence-corrected chi connectivity index (χ4v) is 2.75. The Labute approximate surface area is 161 Å². The van der Waals surface area contributed by atoms with Crippen molar-refractivity contribution in [2.24, 2.45) is 5.73 Å². The van der Waals surface area contributed by atoms with E-state index >= 15 is 0 Å². The molecule has 136 valence electrons. The van der Waals surface area contributed by atoms with E-state index in [1.165, 1.54) is 5.56 Å². The highest BCUT2D eigenvalue weighted by atomic mass is 32.1. The molecule has 0 aliphatic rings. The summed E-state index contributed by atoms with van der Waals surface area (Å²) in [6.07, 6.45) is 2.60. The van der Waals surface area contributed by atoms with Gasteiger partial charge in [-0.05, 0) is 41.9 Å². The lowest BCUT2D eigenvalue weighted by Gasteiger charge is -2.12. The van der Waals surface area contributed by atoms with E-state index in [2.05, 4.69) is 34.4 Å². The third-order valence-corrected chi connectivity index (χ3v) is 4.16. The summed E-state index contributed by atoms with van der Waals surface area (Å²) in [6, 6.07) is 19.9. The average Bonchev–Trinajstić information content (AvgIpc) is 3.11. The van der Waals surface area contributed by atoms with Crippen molar-refractivity contribution in [2.45, 2.75) is 6.42 Å². The third-order valence-electron chi connectivity index (χ3n) is 3.91. The lowest BCUT2D eigenvalue weighted by atomic mass is 10.1. The van der Waals surface area contributed by atoms with Crippen LogP contribution in [0.25, 0.3) is 11.4 Å². The Balaban J connectivity index is 0.00000196. The third kappa shape index (κ3) is 4.49. The van der Waals surface area contributed by atoms with Gasteiger partial charge in [0.15, 0.2) is 5.11 Å². The normalized spacial score (nSPS) is 10.3. The second kappa shape index (κ2) is 8.31. The van der Waals surface area contributed by atoms with Crippen LogP contribution >= 0.6 is 12.2 Å². The molecule has 0 fully saturated rings. The van der Waals surface area contributed by atoms with Crippen molar-refractivity contribution < 1.29 is 2.85 Å². The van der Waals surface area contributed by atoms with Crippen LogP contribution in [0.2, 0.25) is 0 Å². The smallest absolute Gasteiger partial charge is 0.171 e. The zero-order valence-electron chi connectivity index (χ0n) is 14.4. The molecule has 6 heteroatoms. The molecule has 0 atom stereocenters. The first-order valence-corrected chi connectivity index (χ1v) is 8.72. The predicted octanol–water partition coefficient (Wildman–Crippen LogP) is 3.82. The molecule has 0 aliphatic heterocycles. The van der Waals surface area contributed by atoms with Crippen molar-refractivity contribution in [1.82, 2.24) is 15.1 Å². The fourth-order valence-electron chi connectivity index (χ4n) is 2.54. The maximum absolute atomic E-state index is 5.68. The number of nitrogens with one attached hydrogen (secondary N) is 2. The van der Waals surface area contributed by atoms with E-state index < -0.39 is 0 Å². The number of aromatic nitrogens is 2. The van der Waals surface area contributed by atoms with Crippen LogP contribution < -0.4 is 16.4 Å². The van der Waals surface area contributed by atoms with E-state index in [9.17, 15) is 0 Å². The van der Waals surface area contributed by atoms with E-state index in [1.807, 2.05) is 53.2 Å². The molecular formula is C20H25N5S. The summed E-state index contributed by atoms with van der Waals surface area (Å²) in [4.78, 5) is 0. The second-order valence-corrected chi connectivity index (χ2v) is 6.23. The van der Waals surface area contributed by atoms with Gasteiger partial charge in [0, 0.05) is 21.2 Å². The highest BCUT2D eigenvalue weighted by molar-refractivity contribution is 7.80. The molecule has 3 rings (SSSR count). The molecule has 1 aromatic heterocycles. The summed E-state index contributed by atoms with van der Waals surface area (Å²) >= 11 is 5.39. The van der Waals surface area contributed by atoms with Crippen molar-refractivity contribution in [3.8, 4) is 5.69 Å². The van der Waals surface area contributed by atoms with Gasteiger partial charge in [0.1, 0.15) is 5.82 Å². The molecule has 0 bridgehead atoms. The van der Waals surface area contributed by atoms with Crippen LogP contribution in [0.3, 0.4) is 0 Å². The summed E-state index contributed by atoms with van der Waals surface area (Å²) < 4.78 is 1.81. The SMILES string of the molecule is C=C(N)c1ccc(CCNC(=S)Nc2ccnn2-c2ccccc2)cc1.[HH].[HH]. The molecule has 4 N–H and O–H groups in total.